The van der Waals surface area contributed by atoms with Crippen LogP contribution in [0.25, 0.3) is 82.1 Å². The molecule has 0 aliphatic heterocycles. The third-order valence-electron chi connectivity index (χ3n) is 8.94. The summed E-state index contributed by atoms with van der Waals surface area (Å²) >= 11 is 0. The Balaban J connectivity index is 1.20. The maximum absolute atomic E-state index is 2.44. The molecule has 0 bridgehead atoms. The Kier molecular flexibility index (Phi) is 5.27. The monoisotopic (exact) mass is 545 g/mol. The molecule has 0 spiro atoms. The molecule has 9 aromatic rings. The Bertz CT molecular complexity index is 2490. The van der Waals surface area contributed by atoms with Gasteiger partial charge in [0.25, 0.3) is 0 Å². The van der Waals surface area contributed by atoms with Crippen molar-refractivity contribution in [1.82, 2.24) is 4.57 Å². The number of aromatic nitrogens is 1. The highest BCUT2D eigenvalue weighted by atomic mass is 15.0. The number of benzene rings is 8. The lowest BCUT2D eigenvalue weighted by Gasteiger charge is -2.12. The molecule has 0 saturated carbocycles. The topological polar surface area (TPSA) is 4.93 Å². The number of para-hydroxylation sites is 1. The molecule has 1 nitrogen and oxygen atoms in total. The fraction of sp³-hybridized carbons (Fsp3) is 0. The van der Waals surface area contributed by atoms with Crippen LogP contribution in [0.15, 0.2) is 164 Å². The number of hydrogen-bond donors (Lipinski definition) is 0. The zero-order chi connectivity index (χ0) is 28.3. The van der Waals surface area contributed by atoms with E-state index in [2.05, 4.69) is 168 Å². The maximum atomic E-state index is 2.44. The first kappa shape index (κ1) is 24.0. The second-order valence-corrected chi connectivity index (χ2v) is 11.4. The van der Waals surface area contributed by atoms with Crippen molar-refractivity contribution in [3.63, 3.8) is 0 Å². The van der Waals surface area contributed by atoms with Gasteiger partial charge in [0, 0.05) is 16.2 Å². The van der Waals surface area contributed by atoms with E-state index in [0.717, 1.165) is 0 Å². The standard InChI is InChI=1S/C42H27N/c1-2-9-28(10-3-1)30-17-18-32-26-33(20-19-31(32)25-30)34-21-23-37-35(27-34)22-24-41-42(37)38-14-6-7-15-40(38)43(41)39-16-8-12-29-11-4-5-13-36(29)39/h1-27H. The second-order valence-electron chi connectivity index (χ2n) is 11.4. The summed E-state index contributed by atoms with van der Waals surface area (Å²) in [5.74, 6) is 0. The van der Waals surface area contributed by atoms with Crippen LogP contribution >= 0.6 is 0 Å². The molecule has 0 N–H and O–H groups in total. The van der Waals surface area contributed by atoms with Gasteiger partial charge in [-0.2, -0.15) is 0 Å². The third-order valence-corrected chi connectivity index (χ3v) is 8.94. The fourth-order valence-electron chi connectivity index (χ4n) is 6.88. The normalized spacial score (nSPS) is 11.7. The Hall–Kier alpha value is -5.66. The Labute approximate surface area is 249 Å². The van der Waals surface area contributed by atoms with Gasteiger partial charge in [0.2, 0.25) is 0 Å². The SMILES string of the molecule is c1ccc(-c2ccc3cc(-c4ccc5c(ccc6c5c5ccccc5n6-c5cccc6ccccc56)c4)ccc3c2)cc1. The third kappa shape index (κ3) is 3.79. The minimum Gasteiger partial charge on any atom is -0.309 e. The highest BCUT2D eigenvalue weighted by molar-refractivity contribution is 6.22. The summed E-state index contributed by atoms with van der Waals surface area (Å²) in [5, 5.41) is 10.1. The molecule has 1 heterocycles. The van der Waals surface area contributed by atoms with Gasteiger partial charge in [-0.05, 0) is 85.6 Å². The van der Waals surface area contributed by atoms with E-state index < -0.39 is 0 Å². The first-order valence-electron chi connectivity index (χ1n) is 14.9. The number of nitrogens with zero attached hydrogens (tertiary/aromatic N) is 1. The molecule has 0 aliphatic carbocycles. The van der Waals surface area contributed by atoms with Crippen molar-refractivity contribution in [1.29, 1.82) is 0 Å². The first-order valence-corrected chi connectivity index (χ1v) is 14.9. The summed E-state index contributed by atoms with van der Waals surface area (Å²) in [6, 6.07) is 59.8. The van der Waals surface area contributed by atoms with Crippen molar-refractivity contribution < 1.29 is 0 Å². The predicted molar refractivity (Wildman–Crippen MR) is 184 cm³/mol. The van der Waals surface area contributed by atoms with Crippen LogP contribution in [-0.2, 0) is 0 Å². The van der Waals surface area contributed by atoms with Crippen LogP contribution in [0.3, 0.4) is 0 Å². The first-order chi connectivity index (χ1) is 21.3. The molecule has 0 amide bonds. The molecule has 0 radical (unpaired) electrons. The average molecular weight is 546 g/mol. The van der Waals surface area contributed by atoms with Crippen molar-refractivity contribution in [2.75, 3.05) is 0 Å². The Morgan fingerprint density at radius 3 is 1.72 bits per heavy atom. The zero-order valence-corrected chi connectivity index (χ0v) is 23.5. The van der Waals surface area contributed by atoms with Gasteiger partial charge >= 0.3 is 0 Å². The smallest absolute Gasteiger partial charge is 0.0547 e. The molecule has 8 aromatic carbocycles. The fourth-order valence-corrected chi connectivity index (χ4v) is 6.88. The highest BCUT2D eigenvalue weighted by Crippen LogP contribution is 2.39. The molecular weight excluding hydrogens is 518 g/mol. The number of fused-ring (bicyclic) bond motifs is 7. The van der Waals surface area contributed by atoms with E-state index in [0.29, 0.717) is 0 Å². The van der Waals surface area contributed by atoms with Gasteiger partial charge in [-0.3, -0.25) is 0 Å². The molecule has 0 atom stereocenters. The molecular formula is C42H27N. The van der Waals surface area contributed by atoms with Crippen LogP contribution in [0, 0.1) is 0 Å². The molecule has 0 saturated heterocycles. The Morgan fingerprint density at radius 2 is 0.907 bits per heavy atom. The van der Waals surface area contributed by atoms with Crippen LogP contribution in [0.5, 0.6) is 0 Å². The van der Waals surface area contributed by atoms with Crippen molar-refractivity contribution in [3.05, 3.63) is 164 Å². The van der Waals surface area contributed by atoms with Crippen molar-refractivity contribution in [2.24, 2.45) is 0 Å². The quantitative estimate of drug-likeness (QED) is 0.208. The van der Waals surface area contributed by atoms with Crippen molar-refractivity contribution in [2.45, 2.75) is 0 Å². The van der Waals surface area contributed by atoms with Gasteiger partial charge in [0.15, 0.2) is 0 Å². The lowest BCUT2D eigenvalue weighted by atomic mass is 9.95. The molecule has 43 heavy (non-hydrogen) atoms. The minimum atomic E-state index is 1.21. The van der Waals surface area contributed by atoms with Gasteiger partial charge in [0.1, 0.15) is 0 Å². The molecule has 0 fully saturated rings. The van der Waals surface area contributed by atoms with Crippen molar-refractivity contribution >= 4 is 54.1 Å². The van der Waals surface area contributed by atoms with Gasteiger partial charge in [-0.1, -0.05) is 127 Å². The van der Waals surface area contributed by atoms with E-state index in [9.17, 15) is 0 Å². The molecule has 9 rings (SSSR count). The van der Waals surface area contributed by atoms with E-state index >= 15 is 0 Å². The molecule has 200 valence electrons. The van der Waals surface area contributed by atoms with Crippen LogP contribution in [0.1, 0.15) is 0 Å². The van der Waals surface area contributed by atoms with E-state index in [1.165, 1.54) is 82.1 Å². The summed E-state index contributed by atoms with van der Waals surface area (Å²) < 4.78 is 2.44. The van der Waals surface area contributed by atoms with E-state index in [1.807, 2.05) is 0 Å². The number of hydrogen-bond acceptors (Lipinski definition) is 0. The molecule has 0 aliphatic rings. The molecule has 1 heteroatoms. The van der Waals surface area contributed by atoms with Gasteiger partial charge in [-0.25, -0.2) is 0 Å². The summed E-state index contributed by atoms with van der Waals surface area (Å²) in [5.41, 5.74) is 8.65. The van der Waals surface area contributed by atoms with Crippen LogP contribution in [0.4, 0.5) is 0 Å². The maximum Gasteiger partial charge on any atom is 0.0547 e. The summed E-state index contributed by atoms with van der Waals surface area (Å²) in [4.78, 5) is 0. The second kappa shape index (κ2) is 9.44. The summed E-state index contributed by atoms with van der Waals surface area (Å²) in [7, 11) is 0. The lowest BCUT2D eigenvalue weighted by molar-refractivity contribution is 1.20. The van der Waals surface area contributed by atoms with Gasteiger partial charge in [0.05, 0.1) is 16.7 Å². The zero-order valence-electron chi connectivity index (χ0n) is 23.5. The van der Waals surface area contributed by atoms with E-state index in [-0.39, 0.29) is 0 Å². The van der Waals surface area contributed by atoms with Gasteiger partial charge < -0.3 is 4.57 Å². The van der Waals surface area contributed by atoms with Crippen LogP contribution in [-0.4, -0.2) is 4.57 Å². The van der Waals surface area contributed by atoms with Crippen LogP contribution < -0.4 is 0 Å². The van der Waals surface area contributed by atoms with Crippen LogP contribution in [0.2, 0.25) is 0 Å². The molecule has 0 unspecified atom stereocenters. The van der Waals surface area contributed by atoms with Gasteiger partial charge in [-0.15, -0.1) is 0 Å². The summed E-state index contributed by atoms with van der Waals surface area (Å²) in [6.07, 6.45) is 0. The Morgan fingerprint density at radius 1 is 0.302 bits per heavy atom. The minimum absolute atomic E-state index is 1.21. The van der Waals surface area contributed by atoms with E-state index in [4.69, 9.17) is 0 Å². The van der Waals surface area contributed by atoms with E-state index in [1.54, 1.807) is 0 Å². The lowest BCUT2D eigenvalue weighted by Crippen LogP contribution is -1.95. The molecule has 1 aromatic heterocycles. The number of rotatable bonds is 3. The summed E-state index contributed by atoms with van der Waals surface area (Å²) in [6.45, 7) is 0. The largest absolute Gasteiger partial charge is 0.309 e. The average Bonchev–Trinajstić information content (AvgIpc) is 3.42. The predicted octanol–water partition coefficient (Wildman–Crippen LogP) is 11.6. The highest BCUT2D eigenvalue weighted by Gasteiger charge is 2.16. The van der Waals surface area contributed by atoms with Crippen molar-refractivity contribution in [3.8, 4) is 27.9 Å².